The van der Waals surface area contributed by atoms with E-state index >= 15 is 0 Å². The van der Waals surface area contributed by atoms with Gasteiger partial charge in [0.05, 0.1) is 11.9 Å². The van der Waals surface area contributed by atoms with Crippen LogP contribution in [0, 0.1) is 46.3 Å². The monoisotopic (exact) mass is 483 g/mol. The van der Waals surface area contributed by atoms with Gasteiger partial charge in [-0.15, -0.1) is 0 Å². The molecule has 0 heterocycles. The van der Waals surface area contributed by atoms with Gasteiger partial charge in [0.25, 0.3) is 10.1 Å². The molecule has 3 N–H and O–H groups in total. The molecule has 9 atom stereocenters. The van der Waals surface area contributed by atoms with Gasteiger partial charge in [0.15, 0.2) is 0 Å². The Morgan fingerprint density at radius 3 is 2.45 bits per heavy atom. The minimum atomic E-state index is -4.04. The van der Waals surface area contributed by atoms with Gasteiger partial charge in [-0.1, -0.05) is 20.8 Å². The average Bonchev–Trinajstić information content (AvgIpc) is 3.09. The standard InChI is InChI=1S/C26H45NO5S/c1-17(4-9-24(29)27-14-15-33(30,31)32)21-7-8-22-20-6-5-18-16-19(28)10-12-25(18,2)23(20)11-13-26(21,22)3/h17-23,28H,4-16H2,1-3H3,(H,27,29)(H,30,31,32)/t17?,18-,19-,20+,21-,22+,23+,25+,26-/m1/s1. The fourth-order valence-electron chi connectivity index (χ4n) is 9.18. The molecule has 4 saturated carbocycles. The maximum atomic E-state index is 12.2. The molecule has 6 nitrogen and oxygen atoms in total. The first-order chi connectivity index (χ1) is 15.4. The van der Waals surface area contributed by atoms with E-state index in [0.29, 0.717) is 35.0 Å². The van der Waals surface area contributed by atoms with Crippen molar-refractivity contribution in [3.05, 3.63) is 0 Å². The van der Waals surface area contributed by atoms with Crippen LogP contribution >= 0.6 is 0 Å². The van der Waals surface area contributed by atoms with Gasteiger partial charge in [-0.2, -0.15) is 8.42 Å². The van der Waals surface area contributed by atoms with Crippen LogP contribution in [0.4, 0.5) is 0 Å². The molecule has 0 aromatic heterocycles. The molecule has 4 rings (SSSR count). The smallest absolute Gasteiger partial charge is 0.266 e. The molecule has 0 bridgehead atoms. The maximum absolute atomic E-state index is 12.2. The predicted molar refractivity (Wildman–Crippen MR) is 129 cm³/mol. The van der Waals surface area contributed by atoms with Crippen LogP contribution in [0.25, 0.3) is 0 Å². The molecule has 0 aromatic rings. The van der Waals surface area contributed by atoms with E-state index in [9.17, 15) is 18.3 Å². The van der Waals surface area contributed by atoms with E-state index in [0.717, 1.165) is 37.0 Å². The van der Waals surface area contributed by atoms with Crippen LogP contribution in [0.2, 0.25) is 0 Å². The number of fused-ring (bicyclic) bond motifs is 5. The van der Waals surface area contributed by atoms with E-state index in [4.69, 9.17) is 4.55 Å². The summed E-state index contributed by atoms with van der Waals surface area (Å²) in [5.41, 5.74) is 0.771. The summed E-state index contributed by atoms with van der Waals surface area (Å²) >= 11 is 0. The van der Waals surface area contributed by atoms with Crippen molar-refractivity contribution < 1.29 is 22.9 Å². The van der Waals surface area contributed by atoms with Gasteiger partial charge < -0.3 is 10.4 Å². The normalized spacial score (nSPS) is 43.8. The number of carbonyl (C=O) groups excluding carboxylic acids is 1. The predicted octanol–water partition coefficient (Wildman–Crippen LogP) is 4.43. The van der Waals surface area contributed by atoms with Gasteiger partial charge in [-0.25, -0.2) is 0 Å². The summed E-state index contributed by atoms with van der Waals surface area (Å²) in [7, 11) is -4.04. The molecule has 7 heteroatoms. The molecule has 4 aliphatic rings. The Morgan fingerprint density at radius 1 is 1.03 bits per heavy atom. The van der Waals surface area contributed by atoms with Gasteiger partial charge in [0.2, 0.25) is 5.91 Å². The Morgan fingerprint density at radius 2 is 1.73 bits per heavy atom. The average molecular weight is 484 g/mol. The molecule has 33 heavy (non-hydrogen) atoms. The Kier molecular flexibility index (Phi) is 7.26. The SMILES string of the molecule is CC(CCC(=O)NCCS(=O)(=O)O)[C@H]1CC[C@H]2[C@@H]3CC[C@@H]4C[C@H](O)CC[C@]4(C)[C@H]3CC[C@]12C. The molecule has 4 fully saturated rings. The van der Waals surface area contributed by atoms with E-state index in [1.54, 1.807) is 0 Å². The van der Waals surface area contributed by atoms with Crippen LogP contribution < -0.4 is 5.32 Å². The number of amides is 1. The van der Waals surface area contributed by atoms with E-state index in [-0.39, 0.29) is 18.6 Å². The molecule has 190 valence electrons. The molecule has 0 aliphatic heterocycles. The van der Waals surface area contributed by atoms with Crippen molar-refractivity contribution in [2.75, 3.05) is 12.3 Å². The molecule has 1 amide bonds. The third-order valence-electron chi connectivity index (χ3n) is 10.9. The van der Waals surface area contributed by atoms with E-state index in [1.165, 1.54) is 44.9 Å². The van der Waals surface area contributed by atoms with Gasteiger partial charge in [0, 0.05) is 13.0 Å². The zero-order valence-corrected chi connectivity index (χ0v) is 21.6. The summed E-state index contributed by atoms with van der Waals surface area (Å²) < 4.78 is 30.5. The second-order valence-corrected chi connectivity index (χ2v) is 14.0. The highest BCUT2D eigenvalue weighted by molar-refractivity contribution is 7.85. The number of aliphatic hydroxyl groups excluding tert-OH is 1. The van der Waals surface area contributed by atoms with E-state index in [1.807, 2.05) is 0 Å². The van der Waals surface area contributed by atoms with Gasteiger partial charge in [-0.05, 0) is 111 Å². The summed E-state index contributed by atoms with van der Waals surface area (Å²) in [6.07, 6.45) is 12.1. The van der Waals surface area contributed by atoms with E-state index < -0.39 is 15.9 Å². The fourth-order valence-corrected chi connectivity index (χ4v) is 9.54. The van der Waals surface area contributed by atoms with Crippen LogP contribution in [0.5, 0.6) is 0 Å². The lowest BCUT2D eigenvalue weighted by atomic mass is 9.44. The fraction of sp³-hybridized carbons (Fsp3) is 0.962. The lowest BCUT2D eigenvalue weighted by Crippen LogP contribution is -2.54. The van der Waals surface area contributed by atoms with Gasteiger partial charge in [0.1, 0.15) is 0 Å². The zero-order chi connectivity index (χ0) is 24.0. The summed E-state index contributed by atoms with van der Waals surface area (Å²) in [5.74, 6) is 3.68. The first-order valence-corrected chi connectivity index (χ1v) is 14.9. The highest BCUT2D eigenvalue weighted by Crippen LogP contribution is 2.68. The lowest BCUT2D eigenvalue weighted by Gasteiger charge is -2.61. The number of carbonyl (C=O) groups is 1. The first kappa shape index (κ1) is 25.4. The molecular weight excluding hydrogens is 438 g/mol. The summed E-state index contributed by atoms with van der Waals surface area (Å²) in [5, 5.41) is 12.9. The Labute approximate surface area is 200 Å². The second kappa shape index (κ2) is 9.42. The Hall–Kier alpha value is -0.660. The number of hydrogen-bond donors (Lipinski definition) is 3. The van der Waals surface area contributed by atoms with Gasteiger partial charge >= 0.3 is 0 Å². The molecule has 4 aliphatic carbocycles. The summed E-state index contributed by atoms with van der Waals surface area (Å²) in [6, 6.07) is 0. The first-order valence-electron chi connectivity index (χ1n) is 13.3. The molecule has 1 unspecified atom stereocenters. The van der Waals surface area contributed by atoms with Crippen molar-refractivity contribution in [2.45, 2.75) is 97.5 Å². The third kappa shape index (κ3) is 5.02. The van der Waals surface area contributed by atoms with Crippen LogP contribution in [0.3, 0.4) is 0 Å². The van der Waals surface area contributed by atoms with Crippen molar-refractivity contribution in [3.63, 3.8) is 0 Å². The number of aliphatic hydroxyl groups is 1. The molecule has 0 radical (unpaired) electrons. The van der Waals surface area contributed by atoms with Crippen LogP contribution in [-0.2, 0) is 14.9 Å². The summed E-state index contributed by atoms with van der Waals surface area (Å²) in [4.78, 5) is 12.2. The minimum absolute atomic E-state index is 0.0326. The van der Waals surface area contributed by atoms with Crippen molar-refractivity contribution in [2.24, 2.45) is 46.3 Å². The highest BCUT2D eigenvalue weighted by atomic mass is 32.2. The molecule has 0 saturated heterocycles. The highest BCUT2D eigenvalue weighted by Gasteiger charge is 2.60. The van der Waals surface area contributed by atoms with Crippen molar-refractivity contribution in [1.82, 2.24) is 5.32 Å². The minimum Gasteiger partial charge on any atom is -0.393 e. The van der Waals surface area contributed by atoms with Crippen molar-refractivity contribution >= 4 is 16.0 Å². The number of rotatable bonds is 7. The Balaban J connectivity index is 1.35. The van der Waals surface area contributed by atoms with Crippen LogP contribution in [0.15, 0.2) is 0 Å². The maximum Gasteiger partial charge on any atom is 0.266 e. The number of nitrogens with one attached hydrogen (secondary N) is 1. The summed E-state index contributed by atoms with van der Waals surface area (Å²) in [6.45, 7) is 7.34. The largest absolute Gasteiger partial charge is 0.393 e. The quantitative estimate of drug-likeness (QED) is 0.465. The number of hydrogen-bond acceptors (Lipinski definition) is 4. The second-order valence-electron chi connectivity index (χ2n) is 12.5. The Bertz CT molecular complexity index is 831. The van der Waals surface area contributed by atoms with Gasteiger partial charge in [-0.3, -0.25) is 9.35 Å². The lowest BCUT2D eigenvalue weighted by molar-refractivity contribution is -0.129. The molecule has 0 spiro atoms. The zero-order valence-electron chi connectivity index (χ0n) is 20.8. The van der Waals surface area contributed by atoms with Crippen LogP contribution in [-0.4, -0.2) is 42.4 Å². The topological polar surface area (TPSA) is 104 Å². The third-order valence-corrected chi connectivity index (χ3v) is 11.6. The molecular formula is C26H45NO5S. The van der Waals surface area contributed by atoms with Crippen molar-refractivity contribution in [3.8, 4) is 0 Å². The van der Waals surface area contributed by atoms with Crippen molar-refractivity contribution in [1.29, 1.82) is 0 Å². The molecule has 0 aromatic carbocycles. The van der Waals surface area contributed by atoms with E-state index in [2.05, 4.69) is 26.1 Å². The van der Waals surface area contributed by atoms with Crippen LogP contribution in [0.1, 0.15) is 91.4 Å².